The highest BCUT2D eigenvalue weighted by Gasteiger charge is 2.10. The van der Waals surface area contributed by atoms with Gasteiger partial charge < -0.3 is 10.2 Å². The Morgan fingerprint density at radius 1 is 1.29 bits per heavy atom. The van der Waals surface area contributed by atoms with Crippen LogP contribution in [0.15, 0.2) is 39.6 Å². The normalized spacial score (nSPS) is 10.9. The van der Waals surface area contributed by atoms with Crippen molar-refractivity contribution in [2.75, 3.05) is 32.5 Å². The van der Waals surface area contributed by atoms with Gasteiger partial charge in [-0.05, 0) is 43.0 Å². The average Bonchev–Trinajstić information content (AvgIpc) is 2.47. The summed E-state index contributed by atoms with van der Waals surface area (Å²) in [5.41, 5.74) is 1.38. The van der Waals surface area contributed by atoms with Gasteiger partial charge in [0.25, 0.3) is 5.56 Å². The van der Waals surface area contributed by atoms with Crippen molar-refractivity contribution >= 4 is 21.9 Å². The number of halogens is 1. The summed E-state index contributed by atoms with van der Waals surface area (Å²) in [5, 5.41) is 3.16. The largest absolute Gasteiger partial charge is 0.356 e. The van der Waals surface area contributed by atoms with E-state index in [9.17, 15) is 4.79 Å². The molecule has 0 atom stereocenters. The molecule has 0 fully saturated rings. The third-order valence-electron chi connectivity index (χ3n) is 2.98. The monoisotopic (exact) mass is 350 g/mol. The Balaban J connectivity index is 2.17. The van der Waals surface area contributed by atoms with Crippen LogP contribution in [0.2, 0.25) is 0 Å². The van der Waals surface area contributed by atoms with Crippen molar-refractivity contribution in [2.45, 2.75) is 6.42 Å². The molecule has 5 nitrogen and oxygen atoms in total. The van der Waals surface area contributed by atoms with Gasteiger partial charge in [-0.25, -0.2) is 4.98 Å². The van der Waals surface area contributed by atoms with Gasteiger partial charge in [-0.1, -0.05) is 30.3 Å². The van der Waals surface area contributed by atoms with E-state index in [-0.39, 0.29) is 5.56 Å². The first kappa shape index (κ1) is 15.7. The minimum Gasteiger partial charge on any atom is -0.356 e. The maximum atomic E-state index is 12.0. The molecule has 2 aromatic rings. The summed E-state index contributed by atoms with van der Waals surface area (Å²) in [4.78, 5) is 21.3. The molecule has 6 heteroatoms. The molecule has 0 bridgehead atoms. The fourth-order valence-corrected chi connectivity index (χ4v) is 2.35. The first-order valence-electron chi connectivity index (χ1n) is 6.82. The van der Waals surface area contributed by atoms with E-state index in [1.165, 1.54) is 0 Å². The van der Waals surface area contributed by atoms with Gasteiger partial charge in [-0.15, -0.1) is 0 Å². The van der Waals surface area contributed by atoms with E-state index in [0.717, 1.165) is 25.1 Å². The van der Waals surface area contributed by atoms with Crippen molar-refractivity contribution in [3.63, 3.8) is 0 Å². The molecule has 0 spiro atoms. The predicted octanol–water partition coefficient (Wildman–Crippen LogP) is 2.56. The average molecular weight is 351 g/mol. The minimum atomic E-state index is -0.182. The molecule has 0 aliphatic rings. The zero-order chi connectivity index (χ0) is 15.2. The molecule has 1 heterocycles. The zero-order valence-corrected chi connectivity index (χ0v) is 13.8. The molecule has 112 valence electrons. The number of nitrogens with zero attached hydrogens (tertiary/aromatic N) is 2. The third kappa shape index (κ3) is 4.41. The molecule has 1 aromatic heterocycles. The second-order valence-corrected chi connectivity index (χ2v) is 5.82. The smallest absolute Gasteiger partial charge is 0.267 e. The van der Waals surface area contributed by atoms with Gasteiger partial charge in [0.15, 0.2) is 0 Å². The van der Waals surface area contributed by atoms with Crippen molar-refractivity contribution in [3.8, 4) is 11.3 Å². The molecule has 0 radical (unpaired) electrons. The molecule has 2 rings (SSSR count). The van der Waals surface area contributed by atoms with Crippen LogP contribution in [0.25, 0.3) is 11.3 Å². The van der Waals surface area contributed by atoms with Crippen molar-refractivity contribution < 1.29 is 0 Å². The van der Waals surface area contributed by atoms with Crippen LogP contribution in [-0.2, 0) is 0 Å². The van der Waals surface area contributed by atoms with Crippen LogP contribution in [0.4, 0.5) is 5.95 Å². The van der Waals surface area contributed by atoms with Crippen LogP contribution in [0.5, 0.6) is 0 Å². The fourth-order valence-electron chi connectivity index (χ4n) is 1.93. The molecule has 0 saturated heterocycles. The molecular weight excluding hydrogens is 332 g/mol. The lowest BCUT2D eigenvalue weighted by Gasteiger charge is -2.11. The number of benzene rings is 1. The van der Waals surface area contributed by atoms with Gasteiger partial charge in [-0.3, -0.25) is 9.78 Å². The SMILES string of the molecule is CN(C)CCCNc1nc(-c2ccccc2)c(Br)c(=O)[nH]1. The predicted molar refractivity (Wildman–Crippen MR) is 89.7 cm³/mol. The number of hydrogen-bond donors (Lipinski definition) is 2. The van der Waals surface area contributed by atoms with E-state index in [0.29, 0.717) is 16.1 Å². The summed E-state index contributed by atoms with van der Waals surface area (Å²) >= 11 is 3.31. The van der Waals surface area contributed by atoms with Crippen molar-refractivity contribution in [1.29, 1.82) is 0 Å². The quantitative estimate of drug-likeness (QED) is 0.786. The molecule has 2 N–H and O–H groups in total. The maximum Gasteiger partial charge on any atom is 0.267 e. The zero-order valence-electron chi connectivity index (χ0n) is 12.2. The first-order valence-corrected chi connectivity index (χ1v) is 7.61. The van der Waals surface area contributed by atoms with Crippen LogP contribution in [0.1, 0.15) is 6.42 Å². The highest BCUT2D eigenvalue weighted by Crippen LogP contribution is 2.23. The highest BCUT2D eigenvalue weighted by atomic mass is 79.9. The number of H-pyrrole nitrogens is 1. The molecule has 0 saturated carbocycles. The second-order valence-electron chi connectivity index (χ2n) is 5.03. The molecule has 0 unspecified atom stereocenters. The van der Waals surface area contributed by atoms with Crippen LogP contribution in [0.3, 0.4) is 0 Å². The van der Waals surface area contributed by atoms with E-state index < -0.39 is 0 Å². The molecular formula is C15H19BrN4O. The van der Waals surface area contributed by atoms with E-state index in [1.54, 1.807) is 0 Å². The third-order valence-corrected chi connectivity index (χ3v) is 3.72. The summed E-state index contributed by atoms with van der Waals surface area (Å²) in [6.07, 6.45) is 0.980. The highest BCUT2D eigenvalue weighted by molar-refractivity contribution is 9.10. The molecule has 0 aliphatic carbocycles. The van der Waals surface area contributed by atoms with E-state index in [4.69, 9.17) is 0 Å². The lowest BCUT2D eigenvalue weighted by molar-refractivity contribution is 0.405. The molecule has 0 aliphatic heterocycles. The number of anilines is 1. The number of aromatic amines is 1. The van der Waals surface area contributed by atoms with Gasteiger partial charge in [0, 0.05) is 12.1 Å². The number of hydrogen-bond acceptors (Lipinski definition) is 4. The summed E-state index contributed by atoms with van der Waals surface area (Å²) in [7, 11) is 4.07. The van der Waals surface area contributed by atoms with Crippen LogP contribution in [-0.4, -0.2) is 42.1 Å². The van der Waals surface area contributed by atoms with Crippen molar-refractivity contribution in [1.82, 2.24) is 14.9 Å². The maximum absolute atomic E-state index is 12.0. The number of aromatic nitrogens is 2. The standard InChI is InChI=1S/C15H19BrN4O/c1-20(2)10-6-9-17-15-18-13(12(16)14(21)19-15)11-7-4-3-5-8-11/h3-5,7-8H,6,9-10H2,1-2H3,(H2,17,18,19,21). The Morgan fingerprint density at radius 3 is 2.67 bits per heavy atom. The van der Waals surface area contributed by atoms with Crippen molar-refractivity contribution in [2.24, 2.45) is 0 Å². The summed E-state index contributed by atoms with van der Waals surface area (Å²) in [6, 6.07) is 9.65. The van der Waals surface area contributed by atoms with Crippen molar-refractivity contribution in [3.05, 3.63) is 45.2 Å². The number of rotatable bonds is 6. The van der Waals surface area contributed by atoms with Gasteiger partial charge in [-0.2, -0.15) is 0 Å². The van der Waals surface area contributed by atoms with Gasteiger partial charge in [0.05, 0.1) is 5.69 Å². The lowest BCUT2D eigenvalue weighted by atomic mass is 10.1. The van der Waals surface area contributed by atoms with Crippen LogP contribution >= 0.6 is 15.9 Å². The molecule has 21 heavy (non-hydrogen) atoms. The molecule has 1 aromatic carbocycles. The first-order chi connectivity index (χ1) is 10.1. The minimum absolute atomic E-state index is 0.182. The summed E-state index contributed by atoms with van der Waals surface area (Å²) in [5.74, 6) is 0.501. The van der Waals surface area contributed by atoms with E-state index >= 15 is 0 Å². The Bertz CT molecular complexity index is 640. The lowest BCUT2D eigenvalue weighted by Crippen LogP contribution is -2.19. The summed E-state index contributed by atoms with van der Waals surface area (Å²) in [6.45, 7) is 1.75. The fraction of sp³-hybridized carbons (Fsp3) is 0.333. The Hall–Kier alpha value is -1.66. The topological polar surface area (TPSA) is 61.0 Å². The second kappa shape index (κ2) is 7.38. The number of nitrogens with one attached hydrogen (secondary N) is 2. The Labute approximate surface area is 132 Å². The van der Waals surface area contributed by atoms with Gasteiger partial charge in [0.2, 0.25) is 5.95 Å². The molecule has 0 amide bonds. The van der Waals surface area contributed by atoms with E-state index in [1.807, 2.05) is 44.4 Å². The van der Waals surface area contributed by atoms with Gasteiger partial charge >= 0.3 is 0 Å². The van der Waals surface area contributed by atoms with Crippen LogP contribution < -0.4 is 10.9 Å². The van der Waals surface area contributed by atoms with E-state index in [2.05, 4.69) is 36.1 Å². The van der Waals surface area contributed by atoms with Gasteiger partial charge in [0.1, 0.15) is 4.47 Å². The Morgan fingerprint density at radius 2 is 2.00 bits per heavy atom. The summed E-state index contributed by atoms with van der Waals surface area (Å²) < 4.78 is 0.451. The van der Waals surface area contributed by atoms with Crippen LogP contribution in [0, 0.1) is 0 Å². The Kier molecular flexibility index (Phi) is 5.52.